The molecule has 1 saturated heterocycles. The lowest BCUT2D eigenvalue weighted by Crippen LogP contribution is -2.31. The zero-order valence-electron chi connectivity index (χ0n) is 16.1. The third kappa shape index (κ3) is 4.72. The van der Waals surface area contributed by atoms with E-state index < -0.39 is 10.0 Å². The number of hydrogen-bond donors (Lipinski definition) is 1. The van der Waals surface area contributed by atoms with Crippen molar-refractivity contribution >= 4 is 21.6 Å². The predicted molar refractivity (Wildman–Crippen MR) is 109 cm³/mol. The molecule has 0 aliphatic carbocycles. The molecule has 1 N–H and O–H groups in total. The van der Waals surface area contributed by atoms with Crippen LogP contribution < -0.4 is 10.1 Å². The zero-order valence-corrected chi connectivity index (χ0v) is 16.9. The Morgan fingerprint density at radius 1 is 1.00 bits per heavy atom. The van der Waals surface area contributed by atoms with Crippen LogP contribution in [0.25, 0.3) is 0 Å². The number of benzene rings is 2. The molecule has 0 radical (unpaired) electrons. The van der Waals surface area contributed by atoms with Gasteiger partial charge in [-0.15, -0.1) is 0 Å². The van der Waals surface area contributed by atoms with Gasteiger partial charge in [-0.2, -0.15) is 4.31 Å². The number of rotatable bonds is 6. The Bertz CT molecular complexity index is 902. The molecule has 3 rings (SSSR count). The number of carbonyl (C=O) groups is 1. The molecular weight excluding hydrogens is 376 g/mol. The van der Waals surface area contributed by atoms with Crippen molar-refractivity contribution in [3.8, 4) is 5.75 Å². The van der Waals surface area contributed by atoms with Crippen molar-refractivity contribution in [2.24, 2.45) is 0 Å². The number of para-hydroxylation sites is 2. The summed E-state index contributed by atoms with van der Waals surface area (Å²) in [6, 6.07) is 13.3. The second-order valence-corrected chi connectivity index (χ2v) is 8.66. The highest BCUT2D eigenvalue weighted by Crippen LogP contribution is 2.25. The van der Waals surface area contributed by atoms with E-state index in [0.29, 0.717) is 36.7 Å². The molecule has 0 spiro atoms. The van der Waals surface area contributed by atoms with Crippen LogP contribution in [0.4, 0.5) is 5.69 Å². The summed E-state index contributed by atoms with van der Waals surface area (Å²) in [5, 5.41) is 2.82. The molecule has 1 amide bonds. The first-order valence-corrected chi connectivity index (χ1v) is 11.1. The SMILES string of the molecule is CCOc1ccccc1NC(=O)c1ccc(S(=O)(=O)N2CCCCCC2)cc1. The Morgan fingerprint density at radius 3 is 2.29 bits per heavy atom. The van der Waals surface area contributed by atoms with Gasteiger partial charge in [0.25, 0.3) is 5.91 Å². The molecule has 1 aliphatic heterocycles. The predicted octanol–water partition coefficient (Wildman–Crippen LogP) is 3.90. The molecule has 0 saturated carbocycles. The number of ether oxygens (including phenoxy) is 1. The zero-order chi connectivity index (χ0) is 20.0. The molecule has 1 aliphatic rings. The van der Waals surface area contributed by atoms with E-state index in [9.17, 15) is 13.2 Å². The monoisotopic (exact) mass is 402 g/mol. The quantitative estimate of drug-likeness (QED) is 0.795. The van der Waals surface area contributed by atoms with E-state index in [1.165, 1.54) is 12.1 Å². The van der Waals surface area contributed by atoms with E-state index in [0.717, 1.165) is 25.7 Å². The van der Waals surface area contributed by atoms with Gasteiger partial charge in [-0.3, -0.25) is 4.79 Å². The molecule has 150 valence electrons. The number of nitrogens with zero attached hydrogens (tertiary/aromatic N) is 1. The molecule has 0 aromatic heterocycles. The van der Waals surface area contributed by atoms with Crippen molar-refractivity contribution < 1.29 is 17.9 Å². The van der Waals surface area contributed by atoms with Crippen LogP contribution >= 0.6 is 0 Å². The van der Waals surface area contributed by atoms with Crippen molar-refractivity contribution in [2.45, 2.75) is 37.5 Å². The Hall–Kier alpha value is -2.38. The van der Waals surface area contributed by atoms with Gasteiger partial charge < -0.3 is 10.1 Å². The number of sulfonamides is 1. The van der Waals surface area contributed by atoms with Gasteiger partial charge >= 0.3 is 0 Å². The minimum Gasteiger partial charge on any atom is -0.492 e. The van der Waals surface area contributed by atoms with Crippen LogP contribution in [0.5, 0.6) is 5.75 Å². The van der Waals surface area contributed by atoms with Gasteiger partial charge in [0.15, 0.2) is 0 Å². The third-order valence-corrected chi connectivity index (χ3v) is 6.67. The van der Waals surface area contributed by atoms with E-state index in [4.69, 9.17) is 4.74 Å². The van der Waals surface area contributed by atoms with Gasteiger partial charge in [-0.1, -0.05) is 25.0 Å². The van der Waals surface area contributed by atoms with Gasteiger partial charge in [0, 0.05) is 18.7 Å². The van der Waals surface area contributed by atoms with Crippen LogP contribution in [-0.4, -0.2) is 38.3 Å². The van der Waals surface area contributed by atoms with Gasteiger partial charge in [0.2, 0.25) is 10.0 Å². The van der Waals surface area contributed by atoms with Crippen molar-refractivity contribution in [1.29, 1.82) is 0 Å². The summed E-state index contributed by atoms with van der Waals surface area (Å²) in [5.41, 5.74) is 0.969. The van der Waals surface area contributed by atoms with E-state index in [1.807, 2.05) is 19.1 Å². The molecular formula is C21H26N2O4S. The lowest BCUT2D eigenvalue weighted by molar-refractivity contribution is 0.102. The highest BCUT2D eigenvalue weighted by molar-refractivity contribution is 7.89. The van der Waals surface area contributed by atoms with Gasteiger partial charge in [0.05, 0.1) is 17.2 Å². The van der Waals surface area contributed by atoms with Gasteiger partial charge in [-0.25, -0.2) is 8.42 Å². The van der Waals surface area contributed by atoms with E-state index in [1.54, 1.807) is 28.6 Å². The third-order valence-electron chi connectivity index (χ3n) is 4.75. The van der Waals surface area contributed by atoms with E-state index in [-0.39, 0.29) is 10.8 Å². The Labute approximate surface area is 166 Å². The van der Waals surface area contributed by atoms with Crippen LogP contribution in [0.1, 0.15) is 43.0 Å². The fourth-order valence-corrected chi connectivity index (χ4v) is 4.77. The summed E-state index contributed by atoms with van der Waals surface area (Å²) in [6.45, 7) is 3.48. The second kappa shape index (κ2) is 9.21. The lowest BCUT2D eigenvalue weighted by Gasteiger charge is -2.20. The molecule has 0 unspecified atom stereocenters. The number of anilines is 1. The minimum absolute atomic E-state index is 0.223. The summed E-state index contributed by atoms with van der Waals surface area (Å²) in [6.07, 6.45) is 3.90. The summed E-state index contributed by atoms with van der Waals surface area (Å²) in [4.78, 5) is 12.8. The van der Waals surface area contributed by atoms with E-state index >= 15 is 0 Å². The van der Waals surface area contributed by atoms with E-state index in [2.05, 4.69) is 5.32 Å². The maximum Gasteiger partial charge on any atom is 0.255 e. The molecule has 0 bridgehead atoms. The molecule has 2 aromatic carbocycles. The largest absolute Gasteiger partial charge is 0.492 e. The van der Waals surface area contributed by atoms with Crippen LogP contribution in [0.15, 0.2) is 53.4 Å². The number of amides is 1. The highest BCUT2D eigenvalue weighted by Gasteiger charge is 2.25. The first kappa shape index (κ1) is 20.4. The summed E-state index contributed by atoms with van der Waals surface area (Å²) in [7, 11) is -3.52. The normalized spacial score (nSPS) is 15.6. The summed E-state index contributed by atoms with van der Waals surface area (Å²) in [5.74, 6) is 0.282. The Morgan fingerprint density at radius 2 is 1.64 bits per heavy atom. The topological polar surface area (TPSA) is 75.7 Å². The molecule has 7 heteroatoms. The van der Waals surface area contributed by atoms with Crippen molar-refractivity contribution in [3.63, 3.8) is 0 Å². The lowest BCUT2D eigenvalue weighted by atomic mass is 10.2. The van der Waals surface area contributed by atoms with Gasteiger partial charge in [-0.05, 0) is 56.2 Å². The Kier molecular flexibility index (Phi) is 6.70. The maximum atomic E-state index is 12.8. The average molecular weight is 403 g/mol. The molecule has 28 heavy (non-hydrogen) atoms. The standard InChI is InChI=1S/C21H26N2O4S/c1-2-27-20-10-6-5-9-19(20)22-21(24)17-11-13-18(14-12-17)28(25,26)23-15-7-3-4-8-16-23/h5-6,9-14H,2-4,7-8,15-16H2,1H3,(H,22,24). The number of hydrogen-bond acceptors (Lipinski definition) is 4. The maximum absolute atomic E-state index is 12.8. The molecule has 6 nitrogen and oxygen atoms in total. The van der Waals surface area contributed by atoms with Crippen LogP contribution in [0.3, 0.4) is 0 Å². The molecule has 1 heterocycles. The van der Waals surface area contributed by atoms with Crippen molar-refractivity contribution in [2.75, 3.05) is 25.0 Å². The Balaban J connectivity index is 1.74. The molecule has 1 fully saturated rings. The molecule has 0 atom stereocenters. The van der Waals surface area contributed by atoms with Crippen LogP contribution in [0, 0.1) is 0 Å². The van der Waals surface area contributed by atoms with Gasteiger partial charge in [0.1, 0.15) is 5.75 Å². The molecule has 2 aromatic rings. The first-order chi connectivity index (χ1) is 13.5. The fraction of sp³-hybridized carbons (Fsp3) is 0.381. The fourth-order valence-electron chi connectivity index (χ4n) is 3.26. The smallest absolute Gasteiger partial charge is 0.255 e. The number of nitrogens with one attached hydrogen (secondary N) is 1. The second-order valence-electron chi connectivity index (χ2n) is 6.73. The van der Waals surface area contributed by atoms with Crippen LogP contribution in [0.2, 0.25) is 0 Å². The summed E-state index contributed by atoms with van der Waals surface area (Å²) >= 11 is 0. The average Bonchev–Trinajstić information content (AvgIpc) is 3.00. The number of carbonyl (C=O) groups excluding carboxylic acids is 1. The summed E-state index contributed by atoms with van der Waals surface area (Å²) < 4.78 is 32.7. The highest BCUT2D eigenvalue weighted by atomic mass is 32.2. The minimum atomic E-state index is -3.52. The first-order valence-electron chi connectivity index (χ1n) is 9.66. The van der Waals surface area contributed by atoms with Crippen molar-refractivity contribution in [1.82, 2.24) is 4.31 Å². The van der Waals surface area contributed by atoms with Crippen molar-refractivity contribution in [3.05, 3.63) is 54.1 Å². The van der Waals surface area contributed by atoms with Crippen LogP contribution in [-0.2, 0) is 10.0 Å².